The number of hydrogen-bond acceptors (Lipinski definition) is 2. The Hall–Kier alpha value is -7.86. The molecular formula is C50H29N5. The number of rotatable bonds is 4. The Kier molecular flexibility index (Phi) is 6.61. The second kappa shape index (κ2) is 11.8. The van der Waals surface area contributed by atoms with Gasteiger partial charge in [0.2, 0.25) is 0 Å². The first-order valence-electron chi connectivity index (χ1n) is 18.3. The number of aromatic nitrogens is 3. The third-order valence-electron chi connectivity index (χ3n) is 11.1. The molecule has 3 aromatic heterocycles. The Morgan fingerprint density at radius 2 is 0.782 bits per heavy atom. The van der Waals surface area contributed by atoms with Gasteiger partial charge in [-0.15, -0.1) is 0 Å². The molecular weight excluding hydrogens is 671 g/mol. The topological polar surface area (TPSA) is 62.4 Å². The Bertz CT molecular complexity index is 3400. The second-order valence-corrected chi connectivity index (χ2v) is 14.0. The minimum absolute atomic E-state index is 0.570. The molecule has 8 aromatic carbocycles. The average molecular weight is 700 g/mol. The maximum absolute atomic E-state index is 10.5. The van der Waals surface area contributed by atoms with Gasteiger partial charge in [-0.1, -0.05) is 103 Å². The minimum atomic E-state index is 0.570. The van der Waals surface area contributed by atoms with Crippen LogP contribution in [0.2, 0.25) is 0 Å². The predicted octanol–water partition coefficient (Wildman–Crippen LogP) is 12.4. The van der Waals surface area contributed by atoms with Gasteiger partial charge in [-0.05, 0) is 83.9 Å². The molecule has 0 saturated carbocycles. The zero-order chi connectivity index (χ0) is 36.6. The van der Waals surface area contributed by atoms with Crippen molar-refractivity contribution in [1.82, 2.24) is 13.7 Å². The molecule has 0 aliphatic carbocycles. The summed E-state index contributed by atoms with van der Waals surface area (Å²) in [6, 6.07) is 65.9. The number of benzene rings is 8. The first kappa shape index (κ1) is 30.7. The summed E-state index contributed by atoms with van der Waals surface area (Å²) in [5.74, 6) is 0. The van der Waals surface area contributed by atoms with Gasteiger partial charge >= 0.3 is 0 Å². The number of hydrogen-bond donors (Lipinski definition) is 0. The highest BCUT2D eigenvalue weighted by molar-refractivity contribution is 6.13. The first-order valence-corrected chi connectivity index (χ1v) is 18.3. The van der Waals surface area contributed by atoms with E-state index in [0.29, 0.717) is 11.1 Å². The molecule has 0 fully saturated rings. The molecule has 0 aliphatic heterocycles. The Morgan fingerprint density at radius 1 is 0.327 bits per heavy atom. The molecule has 0 radical (unpaired) electrons. The highest BCUT2D eigenvalue weighted by atomic mass is 15.0. The minimum Gasteiger partial charge on any atom is -0.309 e. The summed E-state index contributed by atoms with van der Waals surface area (Å²) in [7, 11) is 0. The molecule has 0 bridgehead atoms. The maximum atomic E-state index is 10.5. The Labute approximate surface area is 316 Å². The van der Waals surface area contributed by atoms with Gasteiger partial charge in [0.15, 0.2) is 0 Å². The predicted molar refractivity (Wildman–Crippen MR) is 224 cm³/mol. The van der Waals surface area contributed by atoms with Crippen LogP contribution in [-0.4, -0.2) is 13.7 Å². The second-order valence-electron chi connectivity index (χ2n) is 14.0. The fourth-order valence-electron chi connectivity index (χ4n) is 8.76. The smallest absolute Gasteiger partial charge is 0.101 e. The number of nitrogens with zero attached hydrogens (tertiary/aromatic N) is 5. The molecule has 0 amide bonds. The lowest BCUT2D eigenvalue weighted by Crippen LogP contribution is -1.98. The molecule has 0 atom stereocenters. The van der Waals surface area contributed by atoms with Crippen LogP contribution in [0, 0.1) is 22.7 Å². The lowest BCUT2D eigenvalue weighted by molar-refractivity contribution is 1.16. The Morgan fingerprint density at radius 3 is 1.40 bits per heavy atom. The number of para-hydroxylation sites is 5. The van der Waals surface area contributed by atoms with Gasteiger partial charge in [0, 0.05) is 49.4 Å². The normalized spacial score (nSPS) is 11.6. The third-order valence-corrected chi connectivity index (χ3v) is 11.1. The SMILES string of the molecule is N#Cc1cc(-n2c3ccccc3c3cccc(C#N)c32)ccc1-c1ccc(-n2c3ccccc3c3cc(-n4c5ccccc5c5ccccc54)ccc32)cc1. The third kappa shape index (κ3) is 4.45. The van der Waals surface area contributed by atoms with Crippen LogP contribution < -0.4 is 0 Å². The monoisotopic (exact) mass is 699 g/mol. The van der Waals surface area contributed by atoms with Crippen LogP contribution >= 0.6 is 0 Å². The van der Waals surface area contributed by atoms with E-state index in [1.165, 1.54) is 32.6 Å². The van der Waals surface area contributed by atoms with Crippen LogP contribution in [0.5, 0.6) is 0 Å². The first-order chi connectivity index (χ1) is 27.2. The van der Waals surface area contributed by atoms with Crippen molar-refractivity contribution in [3.05, 3.63) is 187 Å². The van der Waals surface area contributed by atoms with Crippen molar-refractivity contribution >= 4 is 65.4 Å². The van der Waals surface area contributed by atoms with Crippen molar-refractivity contribution < 1.29 is 0 Å². The van der Waals surface area contributed by atoms with Crippen LogP contribution in [0.4, 0.5) is 0 Å². The molecule has 0 spiro atoms. The molecule has 0 aliphatic rings. The van der Waals surface area contributed by atoms with E-state index in [1.54, 1.807) is 0 Å². The van der Waals surface area contributed by atoms with Crippen LogP contribution in [0.3, 0.4) is 0 Å². The van der Waals surface area contributed by atoms with Crippen LogP contribution in [-0.2, 0) is 0 Å². The molecule has 55 heavy (non-hydrogen) atoms. The average Bonchev–Trinajstić information content (AvgIpc) is 3.89. The molecule has 11 aromatic rings. The van der Waals surface area contributed by atoms with Crippen molar-refractivity contribution in [2.75, 3.05) is 0 Å². The molecule has 3 heterocycles. The van der Waals surface area contributed by atoms with Crippen molar-refractivity contribution in [2.45, 2.75) is 0 Å². The molecule has 0 N–H and O–H groups in total. The van der Waals surface area contributed by atoms with E-state index in [2.05, 4.69) is 159 Å². The largest absolute Gasteiger partial charge is 0.309 e. The van der Waals surface area contributed by atoms with Gasteiger partial charge in [-0.3, -0.25) is 0 Å². The van der Waals surface area contributed by atoms with Crippen molar-refractivity contribution in [2.24, 2.45) is 0 Å². The summed E-state index contributed by atoms with van der Waals surface area (Å²) in [5, 5.41) is 27.4. The van der Waals surface area contributed by atoms with E-state index < -0.39 is 0 Å². The van der Waals surface area contributed by atoms with E-state index in [0.717, 1.165) is 61.0 Å². The van der Waals surface area contributed by atoms with Gasteiger partial charge < -0.3 is 13.7 Å². The van der Waals surface area contributed by atoms with E-state index in [1.807, 2.05) is 42.5 Å². The van der Waals surface area contributed by atoms with Crippen molar-refractivity contribution in [3.8, 4) is 40.3 Å². The fourth-order valence-corrected chi connectivity index (χ4v) is 8.76. The van der Waals surface area contributed by atoms with E-state index >= 15 is 0 Å². The summed E-state index contributed by atoms with van der Waals surface area (Å²) in [6.07, 6.45) is 0. The summed E-state index contributed by atoms with van der Waals surface area (Å²) < 4.78 is 6.80. The van der Waals surface area contributed by atoms with Crippen LogP contribution in [0.1, 0.15) is 11.1 Å². The van der Waals surface area contributed by atoms with Crippen LogP contribution in [0.25, 0.3) is 93.6 Å². The highest BCUT2D eigenvalue weighted by Gasteiger charge is 2.19. The molecule has 11 rings (SSSR count). The standard InChI is InChI=1S/C50H29N5/c51-30-33-10-9-15-43-41-13-3-8-19-48(41)55(50(33)43)36-24-26-38(34(28-36)31-52)32-20-22-35(23-21-32)53-47-18-7-4-14-42(47)44-29-37(25-27-49(44)53)54-45-16-5-1-11-39(45)40-12-2-6-17-46(40)54/h1-29H. The van der Waals surface area contributed by atoms with E-state index in [-0.39, 0.29) is 0 Å². The van der Waals surface area contributed by atoms with E-state index in [9.17, 15) is 10.5 Å². The quantitative estimate of drug-likeness (QED) is 0.184. The van der Waals surface area contributed by atoms with Gasteiger partial charge in [0.25, 0.3) is 0 Å². The van der Waals surface area contributed by atoms with Crippen molar-refractivity contribution in [3.63, 3.8) is 0 Å². The molecule has 5 nitrogen and oxygen atoms in total. The number of nitriles is 2. The van der Waals surface area contributed by atoms with Gasteiger partial charge in [0.05, 0.1) is 50.3 Å². The Balaban J connectivity index is 1.02. The summed E-state index contributed by atoms with van der Waals surface area (Å²) in [6.45, 7) is 0. The van der Waals surface area contributed by atoms with Gasteiger partial charge in [-0.2, -0.15) is 10.5 Å². The molecule has 0 saturated heterocycles. The molecule has 254 valence electrons. The van der Waals surface area contributed by atoms with E-state index in [4.69, 9.17) is 0 Å². The lowest BCUT2D eigenvalue weighted by Gasteiger charge is -2.13. The summed E-state index contributed by atoms with van der Waals surface area (Å²) in [4.78, 5) is 0. The zero-order valence-corrected chi connectivity index (χ0v) is 29.5. The number of fused-ring (bicyclic) bond motifs is 9. The van der Waals surface area contributed by atoms with Crippen molar-refractivity contribution in [1.29, 1.82) is 10.5 Å². The van der Waals surface area contributed by atoms with Crippen LogP contribution in [0.15, 0.2) is 176 Å². The summed E-state index contributed by atoms with van der Waals surface area (Å²) in [5.41, 5.74) is 12.5. The highest BCUT2D eigenvalue weighted by Crippen LogP contribution is 2.39. The maximum Gasteiger partial charge on any atom is 0.101 e. The molecule has 0 unspecified atom stereocenters. The van der Waals surface area contributed by atoms with Gasteiger partial charge in [0.1, 0.15) is 6.07 Å². The van der Waals surface area contributed by atoms with Gasteiger partial charge in [-0.25, -0.2) is 0 Å². The lowest BCUT2D eigenvalue weighted by atomic mass is 9.99. The summed E-state index contributed by atoms with van der Waals surface area (Å²) >= 11 is 0. The fraction of sp³-hybridized carbons (Fsp3) is 0. The molecule has 5 heteroatoms. The zero-order valence-electron chi connectivity index (χ0n) is 29.5.